The molecule has 27 heavy (non-hydrogen) atoms. The first-order chi connectivity index (χ1) is 13.2. The second-order valence-corrected chi connectivity index (χ2v) is 6.66. The van der Waals surface area contributed by atoms with Crippen LogP contribution in [0, 0.1) is 0 Å². The van der Waals surface area contributed by atoms with Crippen LogP contribution in [0.15, 0.2) is 55.2 Å². The van der Waals surface area contributed by atoms with Crippen molar-refractivity contribution in [3.05, 3.63) is 71.4 Å². The molecule has 2 aromatic heterocycles. The van der Waals surface area contributed by atoms with Crippen molar-refractivity contribution in [3.8, 4) is 5.82 Å². The predicted molar refractivity (Wildman–Crippen MR) is 99.9 cm³/mol. The van der Waals surface area contributed by atoms with Crippen molar-refractivity contribution in [3.63, 3.8) is 0 Å². The molecule has 3 aromatic rings. The van der Waals surface area contributed by atoms with Crippen molar-refractivity contribution < 1.29 is 4.79 Å². The molecular formula is C18H18ClN7O. The normalized spacial score (nSPS) is 19.1. The lowest BCUT2D eigenvalue weighted by Crippen LogP contribution is -2.43. The van der Waals surface area contributed by atoms with Gasteiger partial charge in [-0.2, -0.15) is 5.10 Å². The third-order valence-electron chi connectivity index (χ3n) is 4.43. The van der Waals surface area contributed by atoms with E-state index in [9.17, 15) is 4.79 Å². The van der Waals surface area contributed by atoms with Gasteiger partial charge in [-0.25, -0.2) is 25.5 Å². The Bertz CT molecular complexity index is 931. The maximum Gasteiger partial charge on any atom is 0.238 e. The highest BCUT2D eigenvalue weighted by Crippen LogP contribution is 2.24. The molecule has 0 saturated carbocycles. The van der Waals surface area contributed by atoms with Gasteiger partial charge in [0.15, 0.2) is 5.82 Å². The molecule has 0 aliphatic carbocycles. The Hall–Kier alpha value is -2.81. The summed E-state index contributed by atoms with van der Waals surface area (Å²) in [6.45, 7) is 0.349. The summed E-state index contributed by atoms with van der Waals surface area (Å²) in [7, 11) is 0. The largest absolute Gasteiger partial charge is 0.350 e. The molecule has 9 heteroatoms. The van der Waals surface area contributed by atoms with Gasteiger partial charge >= 0.3 is 0 Å². The molecule has 2 unspecified atom stereocenters. The molecule has 1 fully saturated rings. The molecule has 3 N–H and O–H groups in total. The lowest BCUT2D eigenvalue weighted by molar-refractivity contribution is -0.123. The van der Waals surface area contributed by atoms with Gasteiger partial charge in [-0.3, -0.25) is 4.79 Å². The van der Waals surface area contributed by atoms with Gasteiger partial charge in [0.05, 0.1) is 0 Å². The molecule has 1 aliphatic rings. The van der Waals surface area contributed by atoms with Gasteiger partial charge in [0.1, 0.15) is 18.7 Å². The Morgan fingerprint density at radius 3 is 3.04 bits per heavy atom. The molecule has 1 aromatic carbocycles. The Balaban J connectivity index is 1.38. The Labute approximate surface area is 160 Å². The fourth-order valence-corrected chi connectivity index (χ4v) is 3.27. The van der Waals surface area contributed by atoms with Crippen LogP contribution in [0.2, 0.25) is 5.02 Å². The lowest BCUT2D eigenvalue weighted by atomic mass is 10.0. The molecule has 8 nitrogen and oxygen atoms in total. The fraction of sp³-hybridized carbons (Fsp3) is 0.222. The van der Waals surface area contributed by atoms with Crippen molar-refractivity contribution in [1.29, 1.82) is 0 Å². The smallest absolute Gasteiger partial charge is 0.238 e. The van der Waals surface area contributed by atoms with E-state index in [1.54, 1.807) is 17.2 Å². The summed E-state index contributed by atoms with van der Waals surface area (Å²) in [6, 6.07) is 11.1. The lowest BCUT2D eigenvalue weighted by Gasteiger charge is -2.12. The summed E-state index contributed by atoms with van der Waals surface area (Å²) in [4.78, 5) is 20.8. The minimum atomic E-state index is -0.333. The maximum absolute atomic E-state index is 12.6. The number of rotatable bonds is 5. The average Bonchev–Trinajstić information content (AvgIpc) is 3.38. The number of halogens is 1. The highest BCUT2D eigenvalue weighted by molar-refractivity contribution is 6.30. The van der Waals surface area contributed by atoms with Crippen LogP contribution in [0.1, 0.15) is 23.6 Å². The van der Waals surface area contributed by atoms with E-state index in [0.717, 1.165) is 11.1 Å². The van der Waals surface area contributed by atoms with Gasteiger partial charge in [-0.1, -0.05) is 29.8 Å². The van der Waals surface area contributed by atoms with E-state index in [1.807, 2.05) is 36.4 Å². The minimum absolute atomic E-state index is 0.0311. The first-order valence-electron chi connectivity index (χ1n) is 8.54. The van der Waals surface area contributed by atoms with E-state index in [4.69, 9.17) is 11.6 Å². The molecule has 4 rings (SSSR count). The third-order valence-corrected chi connectivity index (χ3v) is 4.66. The van der Waals surface area contributed by atoms with E-state index in [1.165, 1.54) is 6.33 Å². The van der Waals surface area contributed by atoms with Crippen LogP contribution in [-0.4, -0.2) is 31.7 Å². The number of hydrogen-bond acceptors (Lipinski definition) is 6. The Kier molecular flexibility index (Phi) is 5.10. The van der Waals surface area contributed by atoms with E-state index in [2.05, 4.69) is 31.2 Å². The standard InChI is InChI=1S/C18H18ClN7O/c19-14-5-1-3-12(7-14)15-8-16(25-24-15)18(27)22-9-13-4-2-6-21-17(13)26-11-20-10-23-26/h1-7,10-11,15-16,24-25H,8-9H2,(H,22,27). The number of pyridine rings is 1. The molecular weight excluding hydrogens is 366 g/mol. The summed E-state index contributed by atoms with van der Waals surface area (Å²) < 4.78 is 1.58. The quantitative estimate of drug-likeness (QED) is 0.618. The van der Waals surface area contributed by atoms with E-state index >= 15 is 0 Å². The van der Waals surface area contributed by atoms with Gasteiger partial charge in [-0.15, -0.1) is 0 Å². The number of nitrogens with one attached hydrogen (secondary N) is 3. The van der Waals surface area contributed by atoms with Crippen LogP contribution in [0.3, 0.4) is 0 Å². The molecule has 3 heterocycles. The number of nitrogens with zero attached hydrogens (tertiary/aromatic N) is 4. The summed E-state index contributed by atoms with van der Waals surface area (Å²) in [5.74, 6) is 0.560. The second-order valence-electron chi connectivity index (χ2n) is 6.23. The maximum atomic E-state index is 12.6. The van der Waals surface area contributed by atoms with E-state index in [0.29, 0.717) is 23.8 Å². The first-order valence-corrected chi connectivity index (χ1v) is 8.91. The molecule has 1 saturated heterocycles. The van der Waals surface area contributed by atoms with Crippen molar-refractivity contribution in [2.75, 3.05) is 0 Å². The number of hydrogen-bond donors (Lipinski definition) is 3. The molecule has 1 amide bonds. The minimum Gasteiger partial charge on any atom is -0.350 e. The summed E-state index contributed by atoms with van der Waals surface area (Å²) in [5, 5.41) is 7.74. The third kappa shape index (κ3) is 3.97. The zero-order valence-electron chi connectivity index (χ0n) is 14.3. The average molecular weight is 384 g/mol. The predicted octanol–water partition coefficient (Wildman–Crippen LogP) is 1.54. The van der Waals surface area contributed by atoms with Crippen LogP contribution in [0.5, 0.6) is 0 Å². The number of benzene rings is 1. The van der Waals surface area contributed by atoms with Crippen LogP contribution >= 0.6 is 11.6 Å². The number of carbonyl (C=O) groups is 1. The SMILES string of the molecule is O=C(NCc1cccnc1-n1cncn1)C1CC(c2cccc(Cl)c2)NN1. The zero-order valence-corrected chi connectivity index (χ0v) is 15.1. The van der Waals surface area contributed by atoms with Gasteiger partial charge in [-0.05, 0) is 30.2 Å². The van der Waals surface area contributed by atoms with Crippen LogP contribution in [0.25, 0.3) is 5.82 Å². The first kappa shape index (κ1) is 17.6. The topological polar surface area (TPSA) is 96.8 Å². The molecule has 0 bridgehead atoms. The van der Waals surface area contributed by atoms with E-state index in [-0.39, 0.29) is 18.0 Å². The van der Waals surface area contributed by atoms with Gasteiger partial charge in [0, 0.05) is 29.4 Å². The zero-order chi connectivity index (χ0) is 18.6. The second kappa shape index (κ2) is 7.83. The molecule has 138 valence electrons. The van der Waals surface area contributed by atoms with Crippen LogP contribution < -0.4 is 16.2 Å². The summed E-state index contributed by atoms with van der Waals surface area (Å²) >= 11 is 6.05. The monoisotopic (exact) mass is 383 g/mol. The fourth-order valence-electron chi connectivity index (χ4n) is 3.07. The number of aromatic nitrogens is 4. The Morgan fingerprint density at radius 2 is 2.22 bits per heavy atom. The van der Waals surface area contributed by atoms with Crippen molar-refractivity contribution >= 4 is 17.5 Å². The number of amides is 1. The van der Waals surface area contributed by atoms with Crippen LogP contribution in [0.4, 0.5) is 0 Å². The van der Waals surface area contributed by atoms with Crippen LogP contribution in [-0.2, 0) is 11.3 Å². The highest BCUT2D eigenvalue weighted by atomic mass is 35.5. The van der Waals surface area contributed by atoms with Gasteiger partial charge in [0.2, 0.25) is 5.91 Å². The van der Waals surface area contributed by atoms with Crippen molar-refractivity contribution in [1.82, 2.24) is 35.9 Å². The molecule has 0 radical (unpaired) electrons. The molecule has 0 spiro atoms. The van der Waals surface area contributed by atoms with Crippen molar-refractivity contribution in [2.45, 2.75) is 25.0 Å². The van der Waals surface area contributed by atoms with E-state index < -0.39 is 0 Å². The summed E-state index contributed by atoms with van der Waals surface area (Å²) in [5.41, 5.74) is 8.12. The highest BCUT2D eigenvalue weighted by Gasteiger charge is 2.30. The molecule has 2 atom stereocenters. The summed E-state index contributed by atoms with van der Waals surface area (Å²) in [6.07, 6.45) is 5.34. The number of hydrazine groups is 1. The number of carbonyl (C=O) groups excluding carboxylic acids is 1. The molecule has 1 aliphatic heterocycles. The Morgan fingerprint density at radius 1 is 1.30 bits per heavy atom. The van der Waals surface area contributed by atoms with Crippen molar-refractivity contribution in [2.24, 2.45) is 0 Å². The van der Waals surface area contributed by atoms with Gasteiger partial charge in [0.25, 0.3) is 0 Å². The van der Waals surface area contributed by atoms with Gasteiger partial charge < -0.3 is 5.32 Å².